The maximum Gasteiger partial charge on any atom is 0.277 e. The number of benzene rings is 1. The van der Waals surface area contributed by atoms with Gasteiger partial charge in [0.2, 0.25) is 17.5 Å². The lowest BCUT2D eigenvalue weighted by Gasteiger charge is -2.16. The van der Waals surface area contributed by atoms with E-state index in [1.807, 2.05) is 45.2 Å². The van der Waals surface area contributed by atoms with Crippen molar-refractivity contribution >= 4 is 29.0 Å². The molecule has 0 bridgehead atoms. The Morgan fingerprint density at radius 2 is 1.81 bits per heavy atom. The minimum absolute atomic E-state index is 0.0424. The topological polar surface area (TPSA) is 95.7 Å². The number of aromatic nitrogens is 2. The van der Waals surface area contributed by atoms with Crippen LogP contribution in [-0.4, -0.2) is 41.7 Å². The Hall–Kier alpha value is -2.72. The van der Waals surface area contributed by atoms with Gasteiger partial charge in [-0.05, 0) is 51.3 Å². The van der Waals surface area contributed by atoms with Crippen LogP contribution >= 0.6 is 23.1 Å². The second kappa shape index (κ2) is 11.8. The van der Waals surface area contributed by atoms with Crippen LogP contribution in [0.1, 0.15) is 38.6 Å². The van der Waals surface area contributed by atoms with Crippen LogP contribution in [0.2, 0.25) is 0 Å². The molecule has 0 saturated heterocycles. The van der Waals surface area contributed by atoms with Crippen LogP contribution in [0, 0.1) is 0 Å². The highest BCUT2D eigenvalue weighted by Gasteiger charge is 2.19. The van der Waals surface area contributed by atoms with E-state index in [1.165, 1.54) is 11.8 Å². The fourth-order valence-corrected chi connectivity index (χ4v) is 4.22. The number of nitrogens with zero attached hydrogens (tertiary/aromatic N) is 2. The molecule has 0 saturated carbocycles. The van der Waals surface area contributed by atoms with Gasteiger partial charge in [-0.25, -0.2) is 0 Å². The van der Waals surface area contributed by atoms with Crippen molar-refractivity contribution in [2.45, 2.75) is 39.0 Å². The van der Waals surface area contributed by atoms with E-state index in [2.05, 4.69) is 15.5 Å². The minimum Gasteiger partial charge on any atom is -0.490 e. The number of ether oxygens (including phenoxy) is 3. The first kappa shape index (κ1) is 23.9. The molecule has 2 heterocycles. The Bertz CT molecular complexity index is 980. The number of nitrogens with one attached hydrogen (secondary N) is 1. The summed E-state index contributed by atoms with van der Waals surface area (Å²) >= 11 is 2.80. The fraction of sp³-hybridized carbons (Fsp3) is 0.409. The Morgan fingerprint density at radius 1 is 1.12 bits per heavy atom. The van der Waals surface area contributed by atoms with Gasteiger partial charge in [-0.15, -0.1) is 21.5 Å². The Balaban J connectivity index is 1.70. The summed E-state index contributed by atoms with van der Waals surface area (Å²) in [5, 5.41) is 13.4. The number of hydrogen-bond donors (Lipinski definition) is 1. The summed E-state index contributed by atoms with van der Waals surface area (Å²) in [5.41, 5.74) is 0.649. The van der Waals surface area contributed by atoms with Crippen LogP contribution in [0.25, 0.3) is 11.5 Å². The third-order valence-corrected chi connectivity index (χ3v) is 6.11. The number of rotatable bonds is 12. The third kappa shape index (κ3) is 6.17. The van der Waals surface area contributed by atoms with Crippen LogP contribution < -0.4 is 19.5 Å². The average Bonchev–Trinajstić information content (AvgIpc) is 3.47. The van der Waals surface area contributed by atoms with Crippen LogP contribution in [0.4, 0.5) is 0 Å². The molecule has 2 aromatic heterocycles. The molecule has 1 amide bonds. The number of hydrogen-bond acceptors (Lipinski definition) is 9. The van der Waals surface area contributed by atoms with Gasteiger partial charge < -0.3 is 23.9 Å². The molecule has 0 aliphatic rings. The van der Waals surface area contributed by atoms with E-state index in [9.17, 15) is 4.79 Å². The Kier molecular flexibility index (Phi) is 8.81. The molecule has 0 aliphatic heterocycles. The summed E-state index contributed by atoms with van der Waals surface area (Å²) in [7, 11) is 0. The first-order valence-corrected chi connectivity index (χ1v) is 12.3. The molecule has 1 aromatic carbocycles. The third-order valence-electron chi connectivity index (χ3n) is 4.24. The van der Waals surface area contributed by atoms with Gasteiger partial charge in [0, 0.05) is 10.4 Å². The SMILES string of the molecule is CCOc1cc(-c2nnc(SCC(=O)NC(C)c3cccs3)o2)cc(OCC)c1OCC. The van der Waals surface area contributed by atoms with Crippen molar-refractivity contribution in [3.05, 3.63) is 34.5 Å². The van der Waals surface area contributed by atoms with Crippen LogP contribution in [0.5, 0.6) is 17.2 Å². The minimum atomic E-state index is -0.103. The van der Waals surface area contributed by atoms with Gasteiger partial charge in [0.1, 0.15) is 0 Å². The molecule has 172 valence electrons. The van der Waals surface area contributed by atoms with Gasteiger partial charge in [-0.2, -0.15) is 0 Å². The number of thiophene rings is 1. The van der Waals surface area contributed by atoms with Gasteiger partial charge in [0.05, 0.1) is 31.6 Å². The molecule has 32 heavy (non-hydrogen) atoms. The van der Waals surface area contributed by atoms with Gasteiger partial charge in [0.15, 0.2) is 11.5 Å². The van der Waals surface area contributed by atoms with Crippen LogP contribution in [0.3, 0.4) is 0 Å². The molecule has 0 spiro atoms. The molecule has 3 aromatic rings. The van der Waals surface area contributed by atoms with Crippen molar-refractivity contribution < 1.29 is 23.4 Å². The van der Waals surface area contributed by atoms with E-state index in [0.29, 0.717) is 53.7 Å². The normalized spacial score (nSPS) is 11.8. The van der Waals surface area contributed by atoms with Crippen molar-refractivity contribution in [1.82, 2.24) is 15.5 Å². The van der Waals surface area contributed by atoms with Crippen molar-refractivity contribution in [3.63, 3.8) is 0 Å². The Labute approximate surface area is 195 Å². The average molecular weight is 478 g/mol. The predicted octanol–water partition coefficient (Wildman–Crippen LogP) is 4.96. The maximum absolute atomic E-state index is 12.3. The van der Waals surface area contributed by atoms with Gasteiger partial charge in [-0.1, -0.05) is 17.8 Å². The molecule has 0 radical (unpaired) electrons. The van der Waals surface area contributed by atoms with Crippen molar-refractivity contribution in [3.8, 4) is 28.7 Å². The van der Waals surface area contributed by atoms with E-state index in [-0.39, 0.29) is 17.7 Å². The van der Waals surface area contributed by atoms with E-state index in [1.54, 1.807) is 23.5 Å². The van der Waals surface area contributed by atoms with Gasteiger partial charge >= 0.3 is 0 Å². The summed E-state index contributed by atoms with van der Waals surface area (Å²) in [6, 6.07) is 7.49. The summed E-state index contributed by atoms with van der Waals surface area (Å²) in [6.07, 6.45) is 0. The largest absolute Gasteiger partial charge is 0.490 e. The monoisotopic (exact) mass is 477 g/mol. The highest BCUT2D eigenvalue weighted by Crippen LogP contribution is 2.42. The number of carbonyl (C=O) groups is 1. The lowest BCUT2D eigenvalue weighted by Crippen LogP contribution is -2.27. The predicted molar refractivity (Wildman–Crippen MR) is 125 cm³/mol. The summed E-state index contributed by atoms with van der Waals surface area (Å²) in [4.78, 5) is 13.4. The van der Waals surface area contributed by atoms with Crippen molar-refractivity contribution in [2.24, 2.45) is 0 Å². The molecular formula is C22H27N3O5S2. The molecular weight excluding hydrogens is 450 g/mol. The molecule has 1 N–H and O–H groups in total. The lowest BCUT2D eigenvalue weighted by molar-refractivity contribution is -0.119. The zero-order chi connectivity index (χ0) is 22.9. The molecule has 8 nitrogen and oxygen atoms in total. The number of carbonyl (C=O) groups excluding carboxylic acids is 1. The number of amides is 1. The molecule has 10 heteroatoms. The second-order valence-electron chi connectivity index (χ2n) is 6.57. The van der Waals surface area contributed by atoms with Crippen LogP contribution in [0.15, 0.2) is 39.3 Å². The quantitative estimate of drug-likeness (QED) is 0.366. The highest BCUT2D eigenvalue weighted by atomic mass is 32.2. The summed E-state index contributed by atoms with van der Waals surface area (Å²) < 4.78 is 23.0. The van der Waals surface area contributed by atoms with E-state index >= 15 is 0 Å². The van der Waals surface area contributed by atoms with Gasteiger partial charge in [-0.3, -0.25) is 4.79 Å². The molecule has 3 rings (SSSR count). The molecule has 1 unspecified atom stereocenters. The Morgan fingerprint density at radius 3 is 2.41 bits per heavy atom. The second-order valence-corrected chi connectivity index (χ2v) is 8.47. The fourth-order valence-electron chi connectivity index (χ4n) is 2.92. The lowest BCUT2D eigenvalue weighted by atomic mass is 10.2. The molecule has 1 atom stereocenters. The van der Waals surface area contributed by atoms with Crippen molar-refractivity contribution in [1.29, 1.82) is 0 Å². The summed E-state index contributed by atoms with van der Waals surface area (Å²) in [5.74, 6) is 2.02. The van der Waals surface area contributed by atoms with Crippen molar-refractivity contribution in [2.75, 3.05) is 25.6 Å². The van der Waals surface area contributed by atoms with Crippen LogP contribution in [-0.2, 0) is 4.79 Å². The zero-order valence-electron chi connectivity index (χ0n) is 18.5. The number of thioether (sulfide) groups is 1. The standard InChI is InChI=1S/C22H27N3O5S2/c1-5-27-16-11-15(12-17(28-6-2)20(16)29-7-3)21-24-25-22(30-21)32-13-19(26)23-14(4)18-9-8-10-31-18/h8-12,14H,5-7,13H2,1-4H3,(H,23,26). The first-order chi connectivity index (χ1) is 15.5. The van der Waals surface area contributed by atoms with E-state index in [0.717, 1.165) is 4.88 Å². The highest BCUT2D eigenvalue weighted by molar-refractivity contribution is 7.99. The summed E-state index contributed by atoms with van der Waals surface area (Å²) in [6.45, 7) is 9.07. The van der Waals surface area contributed by atoms with E-state index < -0.39 is 0 Å². The zero-order valence-corrected chi connectivity index (χ0v) is 20.2. The van der Waals surface area contributed by atoms with E-state index in [4.69, 9.17) is 18.6 Å². The molecule has 0 aliphatic carbocycles. The maximum atomic E-state index is 12.3. The molecule has 0 fully saturated rings. The smallest absolute Gasteiger partial charge is 0.277 e. The first-order valence-electron chi connectivity index (χ1n) is 10.4. The van der Waals surface area contributed by atoms with Gasteiger partial charge in [0.25, 0.3) is 5.22 Å².